The van der Waals surface area contributed by atoms with Crippen molar-refractivity contribution in [1.82, 2.24) is 0 Å². The standard InChI is InChI=1S/C105H126O18.6Li/c1-16-46-88(47-17-1)106-58-28-7-34-64-112-94-76-95(113-65-35-8-29-59-107-89-48-18-2-19-49-89)80-100(79-94)118-70-40-13-43-73-121-103-85-104(122-74-44-14-41-71-119-101-81-96(114-66-36-9-30-60-108-90-50-20-3-21-51-90)77-97(82-101)115-67-37-10-31-61-109-91-52-22-4-23-53-91)87-105(86-103)123-75-45-15-42-72-120-102-83-98(116-68-38-11-32-62-110-92-54-24-5-25-55-92)78-99(84-102)117-69-39-12-33-63-111-93-56-26-6-27-57-93;;;;;;/h16-27,46-57,76-87H,7-15,28-45,58-75H2;;;;;;/q-6;6*+1. The first-order valence-corrected chi connectivity index (χ1v) is 44.7. The normalized spacial score (nSPS) is 10.4. The first kappa shape index (κ1) is 114. The van der Waals surface area contributed by atoms with Crippen LogP contribution in [0.3, 0.4) is 0 Å². The Morgan fingerprint density at radius 1 is 0.109 bits per heavy atom. The Morgan fingerprint density at radius 2 is 0.186 bits per heavy atom. The second-order valence-electron chi connectivity index (χ2n) is 29.8. The third-order valence-electron chi connectivity index (χ3n) is 19.5. The predicted molar refractivity (Wildman–Crippen MR) is 481 cm³/mol. The Labute approximate surface area is 841 Å². The van der Waals surface area contributed by atoms with Gasteiger partial charge in [-0.1, -0.05) is 0 Å². The Kier molecular flexibility index (Phi) is 65.7. The van der Waals surface area contributed by atoms with Crippen LogP contribution in [0.15, 0.2) is 218 Å². The van der Waals surface area contributed by atoms with Crippen molar-refractivity contribution in [2.45, 2.75) is 173 Å². The maximum atomic E-state index is 6.48. The first-order valence-electron chi connectivity index (χ1n) is 44.7. The molecule has 10 aromatic carbocycles. The van der Waals surface area contributed by atoms with Crippen LogP contribution in [0.5, 0.6) is 103 Å². The van der Waals surface area contributed by atoms with Crippen molar-refractivity contribution in [3.63, 3.8) is 0 Å². The Balaban J connectivity index is 0.00000581. The summed E-state index contributed by atoms with van der Waals surface area (Å²) in [5.41, 5.74) is 0. The van der Waals surface area contributed by atoms with Crippen LogP contribution < -0.4 is 198 Å². The van der Waals surface area contributed by atoms with Gasteiger partial charge >= 0.3 is 113 Å². The van der Waals surface area contributed by atoms with Crippen LogP contribution in [0, 0.1) is 36.4 Å². The molecule has 0 saturated carbocycles. The molecule has 0 radical (unpaired) electrons. The number of hydrogen-bond acceptors (Lipinski definition) is 18. The minimum atomic E-state index is 0. The van der Waals surface area contributed by atoms with Gasteiger partial charge in [0, 0.05) is 107 Å². The van der Waals surface area contributed by atoms with Gasteiger partial charge in [-0.25, -0.2) is 0 Å². The fourth-order valence-electron chi connectivity index (χ4n) is 12.8. The molecular formula is C105H126Li6O18. The van der Waals surface area contributed by atoms with E-state index in [-0.39, 0.29) is 113 Å². The summed E-state index contributed by atoms with van der Waals surface area (Å²) in [4.78, 5) is 0. The zero-order valence-electron chi connectivity index (χ0n) is 78.0. The van der Waals surface area contributed by atoms with Gasteiger partial charge in [-0.2, -0.15) is 109 Å². The zero-order valence-corrected chi connectivity index (χ0v) is 78.0. The van der Waals surface area contributed by atoms with Gasteiger partial charge in [0.25, 0.3) is 0 Å². The summed E-state index contributed by atoms with van der Waals surface area (Å²) in [6, 6.07) is 87.2. The van der Waals surface area contributed by atoms with E-state index < -0.39 is 0 Å². The minimum Gasteiger partial charge on any atom is -0.519 e. The maximum Gasteiger partial charge on any atom is 1.00 e. The Bertz CT molecular complexity index is 3650. The molecule has 0 bridgehead atoms. The molecule has 0 aliphatic rings. The minimum absolute atomic E-state index is 0. The van der Waals surface area contributed by atoms with E-state index in [1.165, 1.54) is 0 Å². The topological polar surface area (TPSA) is 166 Å². The number of ether oxygens (including phenoxy) is 18. The van der Waals surface area contributed by atoms with Crippen molar-refractivity contribution in [2.75, 3.05) is 119 Å². The largest absolute Gasteiger partial charge is 1.00 e. The number of rotatable bonds is 72. The molecule has 10 rings (SSSR count). The molecule has 660 valence electrons. The quantitative estimate of drug-likeness (QED) is 0.0241. The van der Waals surface area contributed by atoms with E-state index in [1.54, 1.807) is 0 Å². The van der Waals surface area contributed by atoms with Gasteiger partial charge in [-0.3, -0.25) is 0 Å². The molecule has 0 fully saturated rings. The fraction of sp³-hybridized carbons (Fsp3) is 0.429. The van der Waals surface area contributed by atoms with Crippen molar-refractivity contribution < 1.29 is 198 Å². The monoisotopic (exact) mass is 1720 g/mol. The Morgan fingerprint density at radius 3 is 0.271 bits per heavy atom. The van der Waals surface area contributed by atoms with Crippen LogP contribution in [0.1, 0.15) is 173 Å². The average molecular weight is 1720 g/mol. The third-order valence-corrected chi connectivity index (χ3v) is 19.5. The van der Waals surface area contributed by atoms with Crippen LogP contribution in [-0.4, -0.2) is 119 Å². The van der Waals surface area contributed by atoms with Crippen LogP contribution in [-0.2, 0) is 0 Å². The summed E-state index contributed by atoms with van der Waals surface area (Å²) in [5.74, 6) is 13.7. The fourth-order valence-corrected chi connectivity index (χ4v) is 12.8. The van der Waals surface area contributed by atoms with Gasteiger partial charge in [-0.15, -0.1) is 72.8 Å². The molecule has 18 nitrogen and oxygen atoms in total. The van der Waals surface area contributed by atoms with E-state index in [4.69, 9.17) is 85.3 Å². The van der Waals surface area contributed by atoms with Crippen molar-refractivity contribution in [1.29, 1.82) is 0 Å². The molecule has 129 heavy (non-hydrogen) atoms. The molecule has 0 saturated heterocycles. The number of hydrogen-bond donors (Lipinski definition) is 0. The van der Waals surface area contributed by atoms with Gasteiger partial charge in [0.1, 0.15) is 69.0 Å². The second kappa shape index (κ2) is 74.7. The summed E-state index contributed by atoms with van der Waals surface area (Å²) >= 11 is 0. The average Bonchev–Trinajstić information content (AvgIpc) is 0.879. The zero-order chi connectivity index (χ0) is 84.6. The van der Waals surface area contributed by atoms with E-state index in [2.05, 4.69) is 36.4 Å². The van der Waals surface area contributed by atoms with Crippen LogP contribution in [0.4, 0.5) is 0 Å². The van der Waals surface area contributed by atoms with E-state index in [0.29, 0.717) is 153 Å². The van der Waals surface area contributed by atoms with Crippen LogP contribution >= 0.6 is 0 Å². The van der Waals surface area contributed by atoms with Crippen molar-refractivity contribution >= 4 is 0 Å². The van der Waals surface area contributed by atoms with E-state index in [0.717, 1.165) is 242 Å². The summed E-state index contributed by atoms with van der Waals surface area (Å²) in [6.45, 7) is 10.4. The smallest absolute Gasteiger partial charge is 0.519 e. The molecular weight excluding hydrogens is 1590 g/mol. The van der Waals surface area contributed by atoms with Gasteiger partial charge in [0.05, 0.1) is 119 Å². The molecule has 0 aliphatic heterocycles. The maximum absolute atomic E-state index is 6.48. The molecule has 0 unspecified atom stereocenters. The van der Waals surface area contributed by atoms with Gasteiger partial charge in [0.15, 0.2) is 0 Å². The molecule has 0 amide bonds. The van der Waals surface area contributed by atoms with Crippen LogP contribution in [0.2, 0.25) is 0 Å². The summed E-state index contributed by atoms with van der Waals surface area (Å²) < 4.78 is 112. The van der Waals surface area contributed by atoms with Crippen molar-refractivity contribution in [2.24, 2.45) is 0 Å². The summed E-state index contributed by atoms with van der Waals surface area (Å²) in [6.07, 6.45) is 24.4. The van der Waals surface area contributed by atoms with Crippen molar-refractivity contribution in [3.05, 3.63) is 255 Å². The van der Waals surface area contributed by atoms with Gasteiger partial charge < -0.3 is 85.3 Å². The van der Waals surface area contributed by atoms with E-state index in [1.807, 2.05) is 218 Å². The molecule has 0 atom stereocenters. The first-order chi connectivity index (χ1) is 61.0. The summed E-state index contributed by atoms with van der Waals surface area (Å²) in [5, 5.41) is 0. The second-order valence-corrected chi connectivity index (χ2v) is 29.8. The number of unbranched alkanes of at least 4 members (excludes halogenated alkanes) is 18. The van der Waals surface area contributed by atoms with E-state index in [9.17, 15) is 0 Å². The van der Waals surface area contributed by atoms with Crippen molar-refractivity contribution in [3.8, 4) is 103 Å². The SMILES string of the molecule is [Li+].[Li+].[Li+].[Li+].[Li+].[Li+].[c-]1ccc(OCCCCCOc2cc(OCCCCCOc3cc[c-]cc3)cc(OCCCCCOc3cc(OCCCCCOc4cc(OCCCCCOc5cc[c-]cc5)cc(OCCCCCOc5cc[c-]cc5)c4)cc(OCCCCCOc4cc(OCCCCCOc5cc[c-]cc5)cc(OCCCCCOc5cc[c-]cc5)c4)c3)c2)cc1. The summed E-state index contributed by atoms with van der Waals surface area (Å²) in [7, 11) is 0. The molecule has 10 aromatic rings. The predicted octanol–water partition coefficient (Wildman–Crippen LogP) is 6.16. The molecule has 0 aliphatic carbocycles. The molecule has 0 spiro atoms. The molecule has 0 aromatic heterocycles. The van der Waals surface area contributed by atoms with Gasteiger partial charge in [0.2, 0.25) is 0 Å². The van der Waals surface area contributed by atoms with Gasteiger partial charge in [-0.05, 0) is 173 Å². The molecule has 0 N–H and O–H groups in total. The Hall–Kier alpha value is -7.82. The molecule has 24 heteroatoms. The van der Waals surface area contributed by atoms with E-state index >= 15 is 0 Å². The third kappa shape index (κ3) is 52.9. The van der Waals surface area contributed by atoms with Crippen LogP contribution in [0.25, 0.3) is 0 Å². The number of benzene rings is 10. The molecule has 0 heterocycles.